The van der Waals surface area contributed by atoms with Crippen molar-refractivity contribution < 1.29 is 14.3 Å². The van der Waals surface area contributed by atoms with E-state index in [1.807, 2.05) is 12.1 Å². The number of nitrogen functional groups attached to an aromatic ring is 1. The Hall–Kier alpha value is -2.24. The van der Waals surface area contributed by atoms with Crippen molar-refractivity contribution in [3.8, 4) is 5.75 Å². The van der Waals surface area contributed by atoms with Gasteiger partial charge >= 0.3 is 0 Å². The minimum absolute atomic E-state index is 0.0835. The first-order valence-electron chi connectivity index (χ1n) is 8.12. The number of benzene rings is 2. The molecule has 0 spiro atoms. The summed E-state index contributed by atoms with van der Waals surface area (Å²) in [6.07, 6.45) is 1.57. The predicted octanol–water partition coefficient (Wildman–Crippen LogP) is 4.06. The molecule has 0 aliphatic carbocycles. The second kappa shape index (κ2) is 7.33. The lowest BCUT2D eigenvalue weighted by atomic mass is 10.0. The average molecular weight is 361 g/mol. The minimum Gasteiger partial charge on any atom is -0.496 e. The number of nitrogens with two attached hydrogens (primary N) is 1. The van der Waals surface area contributed by atoms with Crippen LogP contribution in [-0.4, -0.2) is 26.7 Å². The Kier molecular flexibility index (Phi) is 5.16. The SMILES string of the molecule is COc1cc(N)ccc1C(=O)N1CCCC(OC)c2cc(Cl)ccc21. The molecule has 1 aliphatic rings. The molecule has 2 aromatic carbocycles. The third-order valence-corrected chi connectivity index (χ3v) is 4.70. The number of anilines is 2. The molecule has 1 aliphatic heterocycles. The van der Waals surface area contributed by atoms with Crippen molar-refractivity contribution in [2.45, 2.75) is 18.9 Å². The van der Waals surface area contributed by atoms with Crippen LogP contribution in [0.25, 0.3) is 0 Å². The minimum atomic E-state index is -0.128. The van der Waals surface area contributed by atoms with Crippen molar-refractivity contribution >= 4 is 28.9 Å². The molecule has 6 heteroatoms. The van der Waals surface area contributed by atoms with Gasteiger partial charge < -0.3 is 20.1 Å². The predicted molar refractivity (Wildman–Crippen MR) is 99.5 cm³/mol. The number of rotatable bonds is 3. The van der Waals surface area contributed by atoms with Crippen LogP contribution in [0.15, 0.2) is 36.4 Å². The van der Waals surface area contributed by atoms with E-state index in [2.05, 4.69) is 0 Å². The summed E-state index contributed by atoms with van der Waals surface area (Å²) in [4.78, 5) is 15.0. The van der Waals surface area contributed by atoms with Gasteiger partial charge in [-0.25, -0.2) is 0 Å². The van der Waals surface area contributed by atoms with E-state index in [1.54, 1.807) is 36.3 Å². The number of amides is 1. The molecule has 1 unspecified atom stereocenters. The maximum atomic E-state index is 13.2. The topological polar surface area (TPSA) is 64.8 Å². The van der Waals surface area contributed by atoms with Gasteiger partial charge in [-0.05, 0) is 43.2 Å². The molecule has 2 aromatic rings. The monoisotopic (exact) mass is 360 g/mol. The van der Waals surface area contributed by atoms with Gasteiger partial charge in [0.1, 0.15) is 5.75 Å². The van der Waals surface area contributed by atoms with Crippen molar-refractivity contribution in [1.82, 2.24) is 0 Å². The summed E-state index contributed by atoms with van der Waals surface area (Å²) in [6.45, 7) is 0.598. The number of hydrogen-bond donors (Lipinski definition) is 1. The lowest BCUT2D eigenvalue weighted by Gasteiger charge is -2.25. The van der Waals surface area contributed by atoms with Crippen molar-refractivity contribution in [2.75, 3.05) is 31.4 Å². The fraction of sp³-hybridized carbons (Fsp3) is 0.316. The lowest BCUT2D eigenvalue weighted by Crippen LogP contribution is -2.32. The second-order valence-corrected chi connectivity index (χ2v) is 6.42. The smallest absolute Gasteiger partial charge is 0.262 e. The van der Waals surface area contributed by atoms with Crippen LogP contribution in [0.1, 0.15) is 34.9 Å². The molecule has 1 atom stereocenters. The summed E-state index contributed by atoms with van der Waals surface area (Å²) in [5.74, 6) is 0.338. The number of fused-ring (bicyclic) bond motifs is 1. The van der Waals surface area contributed by atoms with Gasteiger partial charge in [0.15, 0.2) is 0 Å². The third-order valence-electron chi connectivity index (χ3n) is 4.46. The number of halogens is 1. The van der Waals surface area contributed by atoms with Crippen LogP contribution in [0.5, 0.6) is 5.75 Å². The first kappa shape index (κ1) is 17.6. The van der Waals surface area contributed by atoms with Crippen molar-refractivity contribution in [3.63, 3.8) is 0 Å². The van der Waals surface area contributed by atoms with Crippen LogP contribution >= 0.6 is 11.6 Å². The van der Waals surface area contributed by atoms with Crippen LogP contribution in [0.3, 0.4) is 0 Å². The molecule has 0 saturated carbocycles. The quantitative estimate of drug-likeness (QED) is 0.838. The van der Waals surface area contributed by atoms with Gasteiger partial charge in [0.25, 0.3) is 5.91 Å². The Bertz CT molecular complexity index is 794. The van der Waals surface area contributed by atoms with Gasteiger partial charge in [-0.1, -0.05) is 11.6 Å². The lowest BCUT2D eigenvalue weighted by molar-refractivity contribution is 0.0959. The molecular weight excluding hydrogens is 340 g/mol. The van der Waals surface area contributed by atoms with E-state index in [0.29, 0.717) is 28.6 Å². The zero-order valence-corrected chi connectivity index (χ0v) is 15.0. The Morgan fingerprint density at radius 2 is 2.04 bits per heavy atom. The maximum absolute atomic E-state index is 13.2. The fourth-order valence-electron chi connectivity index (χ4n) is 3.23. The van der Waals surface area contributed by atoms with Crippen LogP contribution in [0.4, 0.5) is 11.4 Å². The van der Waals surface area contributed by atoms with Crippen molar-refractivity contribution in [2.24, 2.45) is 0 Å². The Balaban J connectivity index is 2.06. The van der Waals surface area contributed by atoms with Gasteiger partial charge in [0.2, 0.25) is 0 Å². The highest BCUT2D eigenvalue weighted by atomic mass is 35.5. The Morgan fingerprint density at radius 3 is 2.76 bits per heavy atom. The largest absolute Gasteiger partial charge is 0.496 e. The molecule has 2 N–H and O–H groups in total. The Labute approximate surface area is 152 Å². The van der Waals surface area contributed by atoms with E-state index in [4.69, 9.17) is 26.8 Å². The number of ether oxygens (including phenoxy) is 2. The summed E-state index contributed by atoms with van der Waals surface area (Å²) in [5.41, 5.74) is 8.58. The molecule has 5 nitrogen and oxygen atoms in total. The second-order valence-electron chi connectivity index (χ2n) is 5.99. The molecule has 1 heterocycles. The van der Waals surface area contributed by atoms with Crippen LogP contribution in [0, 0.1) is 0 Å². The van der Waals surface area contributed by atoms with Crippen molar-refractivity contribution in [1.29, 1.82) is 0 Å². The highest BCUT2D eigenvalue weighted by molar-refractivity contribution is 6.30. The number of methoxy groups -OCH3 is 2. The highest BCUT2D eigenvalue weighted by Gasteiger charge is 2.28. The van der Waals surface area contributed by atoms with Gasteiger partial charge in [-0.2, -0.15) is 0 Å². The zero-order valence-electron chi connectivity index (χ0n) is 14.3. The number of hydrogen-bond acceptors (Lipinski definition) is 4. The number of carbonyl (C=O) groups is 1. The summed E-state index contributed by atoms with van der Waals surface area (Å²) in [7, 11) is 3.21. The number of carbonyl (C=O) groups excluding carboxylic acids is 1. The molecule has 0 aromatic heterocycles. The van der Waals surface area contributed by atoms with E-state index in [0.717, 1.165) is 24.1 Å². The molecule has 0 bridgehead atoms. The van der Waals surface area contributed by atoms with E-state index >= 15 is 0 Å². The normalized spacial score (nSPS) is 16.9. The van der Waals surface area contributed by atoms with Crippen LogP contribution in [0.2, 0.25) is 5.02 Å². The van der Waals surface area contributed by atoms with E-state index in [1.165, 1.54) is 7.11 Å². The maximum Gasteiger partial charge on any atom is 0.262 e. The molecule has 3 rings (SSSR count). The van der Waals surface area contributed by atoms with Gasteiger partial charge in [-0.15, -0.1) is 0 Å². The summed E-state index contributed by atoms with van der Waals surface area (Å²) in [5, 5.41) is 0.625. The molecule has 1 amide bonds. The van der Waals surface area contributed by atoms with E-state index < -0.39 is 0 Å². The van der Waals surface area contributed by atoms with E-state index in [9.17, 15) is 4.79 Å². The average Bonchev–Trinajstić information content (AvgIpc) is 2.79. The number of nitrogens with zero attached hydrogens (tertiary/aromatic N) is 1. The van der Waals surface area contributed by atoms with Crippen LogP contribution in [-0.2, 0) is 4.74 Å². The molecular formula is C19H21ClN2O3. The Morgan fingerprint density at radius 1 is 1.24 bits per heavy atom. The molecule has 25 heavy (non-hydrogen) atoms. The molecule has 0 fully saturated rings. The third kappa shape index (κ3) is 3.43. The first-order valence-corrected chi connectivity index (χ1v) is 8.50. The summed E-state index contributed by atoms with van der Waals surface area (Å²) < 4.78 is 11.0. The highest BCUT2D eigenvalue weighted by Crippen LogP contribution is 2.38. The summed E-state index contributed by atoms with van der Waals surface area (Å²) in [6, 6.07) is 10.6. The summed E-state index contributed by atoms with van der Waals surface area (Å²) >= 11 is 6.17. The first-order chi connectivity index (χ1) is 12.0. The van der Waals surface area contributed by atoms with Crippen molar-refractivity contribution in [3.05, 3.63) is 52.5 Å². The fourth-order valence-corrected chi connectivity index (χ4v) is 3.41. The van der Waals surface area contributed by atoms with Gasteiger partial charge in [-0.3, -0.25) is 4.79 Å². The van der Waals surface area contributed by atoms with Crippen LogP contribution < -0.4 is 15.4 Å². The molecule has 0 radical (unpaired) electrons. The molecule has 0 saturated heterocycles. The van der Waals surface area contributed by atoms with E-state index in [-0.39, 0.29) is 12.0 Å². The van der Waals surface area contributed by atoms with Gasteiger partial charge in [0.05, 0.1) is 18.8 Å². The zero-order chi connectivity index (χ0) is 18.0. The van der Waals surface area contributed by atoms with Gasteiger partial charge in [0, 0.05) is 41.7 Å². The molecule has 132 valence electrons. The standard InChI is InChI=1S/C19H21ClN2O3/c1-24-17-4-3-9-22(16-8-5-12(20)10-15(16)17)19(23)14-7-6-13(21)11-18(14)25-2/h5-8,10-11,17H,3-4,9,21H2,1-2H3.